The van der Waals surface area contributed by atoms with Crippen LogP contribution in [0.2, 0.25) is 0 Å². The van der Waals surface area contributed by atoms with E-state index in [0.29, 0.717) is 11.3 Å². The number of aryl methyl sites for hydroxylation is 1. The Morgan fingerprint density at radius 3 is 2.71 bits per heavy atom. The molecule has 114 valence electrons. The van der Waals surface area contributed by atoms with E-state index >= 15 is 0 Å². The summed E-state index contributed by atoms with van der Waals surface area (Å²) < 4.78 is 5.26. The Morgan fingerprint density at radius 1 is 1.33 bits per heavy atom. The fourth-order valence-corrected chi connectivity index (χ4v) is 2.57. The van der Waals surface area contributed by atoms with Crippen LogP contribution < -0.4 is 10.6 Å². The van der Waals surface area contributed by atoms with Gasteiger partial charge < -0.3 is 20.5 Å². The van der Waals surface area contributed by atoms with E-state index < -0.39 is 5.97 Å². The summed E-state index contributed by atoms with van der Waals surface area (Å²) in [6, 6.07) is 4.60. The van der Waals surface area contributed by atoms with Gasteiger partial charge in [0.25, 0.3) is 0 Å². The first kappa shape index (κ1) is 15.3. The molecule has 0 aromatic heterocycles. The molecule has 1 aliphatic rings. The normalized spacial score (nSPS) is 21.0. The number of urea groups is 1. The molecule has 3 N–H and O–H groups in total. The van der Waals surface area contributed by atoms with Gasteiger partial charge in [-0.1, -0.05) is 6.07 Å². The largest absolute Gasteiger partial charge is 0.478 e. The molecule has 0 saturated heterocycles. The Balaban J connectivity index is 1.94. The van der Waals surface area contributed by atoms with Gasteiger partial charge in [-0.3, -0.25) is 0 Å². The summed E-state index contributed by atoms with van der Waals surface area (Å²) in [4.78, 5) is 23.0. The molecule has 0 bridgehead atoms. The van der Waals surface area contributed by atoms with Crippen molar-refractivity contribution in [3.63, 3.8) is 0 Å². The summed E-state index contributed by atoms with van der Waals surface area (Å²) in [6.07, 6.45) is 2.83. The second kappa shape index (κ2) is 6.58. The third-order valence-electron chi connectivity index (χ3n) is 3.78. The molecule has 21 heavy (non-hydrogen) atoms. The Hall–Kier alpha value is -2.08. The highest BCUT2D eigenvalue weighted by Crippen LogP contribution is 2.21. The van der Waals surface area contributed by atoms with Gasteiger partial charge in [0.2, 0.25) is 0 Å². The molecule has 0 aliphatic heterocycles. The lowest BCUT2D eigenvalue weighted by Crippen LogP contribution is -2.36. The topological polar surface area (TPSA) is 87.7 Å². The summed E-state index contributed by atoms with van der Waals surface area (Å²) in [5.74, 6) is -1.00. The predicted octanol–water partition coefficient (Wildman–Crippen LogP) is 2.38. The Kier molecular flexibility index (Phi) is 4.80. The Bertz CT molecular complexity index is 544. The van der Waals surface area contributed by atoms with Gasteiger partial charge in [-0.15, -0.1) is 0 Å². The number of carboxylic acids is 1. The molecule has 0 heterocycles. The monoisotopic (exact) mass is 292 g/mol. The number of amides is 2. The van der Waals surface area contributed by atoms with Crippen molar-refractivity contribution in [1.29, 1.82) is 0 Å². The van der Waals surface area contributed by atoms with Crippen LogP contribution in [0.1, 0.15) is 35.2 Å². The molecule has 2 atom stereocenters. The van der Waals surface area contributed by atoms with E-state index in [2.05, 4.69) is 10.6 Å². The lowest BCUT2D eigenvalue weighted by atomic mass is 10.1. The van der Waals surface area contributed by atoms with Crippen LogP contribution in [0.15, 0.2) is 18.2 Å². The van der Waals surface area contributed by atoms with Crippen LogP contribution in [-0.4, -0.2) is 36.4 Å². The fraction of sp³-hybridized carbons (Fsp3) is 0.467. The average Bonchev–Trinajstić information content (AvgIpc) is 2.88. The number of rotatable bonds is 4. The molecule has 2 unspecified atom stereocenters. The predicted molar refractivity (Wildman–Crippen MR) is 78.7 cm³/mol. The van der Waals surface area contributed by atoms with Crippen molar-refractivity contribution in [1.82, 2.24) is 5.32 Å². The minimum absolute atomic E-state index is 0.0966. The van der Waals surface area contributed by atoms with Crippen LogP contribution in [0, 0.1) is 6.92 Å². The van der Waals surface area contributed by atoms with Gasteiger partial charge in [-0.25, -0.2) is 9.59 Å². The van der Waals surface area contributed by atoms with E-state index in [0.717, 1.165) is 19.3 Å². The smallest absolute Gasteiger partial charge is 0.336 e. The zero-order chi connectivity index (χ0) is 15.4. The standard InChI is InChI=1S/C15H20N2O4/c1-9-3-4-11(8-13(9)14(18)19)17-15(20)16-10-5-6-12(7-10)21-2/h3-4,8,10,12H,5-7H2,1-2H3,(H,18,19)(H2,16,17,20). The summed E-state index contributed by atoms with van der Waals surface area (Å²) >= 11 is 0. The van der Waals surface area contributed by atoms with Crippen LogP contribution >= 0.6 is 0 Å². The number of carbonyl (C=O) groups excluding carboxylic acids is 1. The van der Waals surface area contributed by atoms with Gasteiger partial charge >= 0.3 is 12.0 Å². The van der Waals surface area contributed by atoms with E-state index in [-0.39, 0.29) is 23.7 Å². The summed E-state index contributed by atoms with van der Waals surface area (Å²) in [7, 11) is 1.67. The zero-order valence-corrected chi connectivity index (χ0v) is 12.2. The highest BCUT2D eigenvalue weighted by molar-refractivity contribution is 5.94. The van der Waals surface area contributed by atoms with Crippen molar-refractivity contribution in [2.45, 2.75) is 38.3 Å². The van der Waals surface area contributed by atoms with Gasteiger partial charge in [-0.05, 0) is 43.9 Å². The van der Waals surface area contributed by atoms with Crippen molar-refractivity contribution in [2.24, 2.45) is 0 Å². The van der Waals surface area contributed by atoms with Gasteiger partial charge in [0.1, 0.15) is 0 Å². The summed E-state index contributed by atoms with van der Waals surface area (Å²) in [5, 5.41) is 14.6. The van der Waals surface area contributed by atoms with Crippen LogP contribution in [0.25, 0.3) is 0 Å². The lowest BCUT2D eigenvalue weighted by Gasteiger charge is -2.14. The first-order valence-electron chi connectivity index (χ1n) is 6.94. The first-order valence-corrected chi connectivity index (χ1v) is 6.94. The number of ether oxygens (including phenoxy) is 1. The first-order chi connectivity index (χ1) is 9.99. The molecule has 6 nitrogen and oxygen atoms in total. The molecule has 1 saturated carbocycles. The van der Waals surface area contributed by atoms with Gasteiger partial charge in [0.05, 0.1) is 11.7 Å². The minimum atomic E-state index is -1.00. The number of hydrogen-bond donors (Lipinski definition) is 3. The molecule has 1 aliphatic carbocycles. The van der Waals surface area contributed by atoms with Crippen molar-refractivity contribution in [3.8, 4) is 0 Å². The van der Waals surface area contributed by atoms with Crippen LogP contribution in [0.3, 0.4) is 0 Å². The van der Waals surface area contributed by atoms with Crippen molar-refractivity contribution < 1.29 is 19.4 Å². The van der Waals surface area contributed by atoms with Gasteiger partial charge in [0.15, 0.2) is 0 Å². The van der Waals surface area contributed by atoms with Gasteiger partial charge in [-0.2, -0.15) is 0 Å². The van der Waals surface area contributed by atoms with Gasteiger partial charge in [0, 0.05) is 18.8 Å². The molecule has 0 radical (unpaired) electrons. The van der Waals surface area contributed by atoms with Crippen molar-refractivity contribution >= 4 is 17.7 Å². The Morgan fingerprint density at radius 2 is 2.10 bits per heavy atom. The number of methoxy groups -OCH3 is 1. The number of hydrogen-bond acceptors (Lipinski definition) is 3. The number of nitrogens with one attached hydrogen (secondary N) is 2. The highest BCUT2D eigenvalue weighted by atomic mass is 16.5. The maximum Gasteiger partial charge on any atom is 0.336 e. The second-order valence-corrected chi connectivity index (χ2v) is 5.30. The van der Waals surface area contributed by atoms with E-state index in [9.17, 15) is 9.59 Å². The Labute approximate surface area is 123 Å². The molecular weight excluding hydrogens is 272 g/mol. The summed E-state index contributed by atoms with van der Waals surface area (Å²) in [6.45, 7) is 1.72. The van der Waals surface area contributed by atoms with Crippen LogP contribution in [0.4, 0.5) is 10.5 Å². The maximum atomic E-state index is 11.9. The van der Waals surface area contributed by atoms with E-state index in [1.165, 1.54) is 6.07 Å². The number of aromatic carboxylic acids is 1. The quantitative estimate of drug-likeness (QED) is 0.795. The molecule has 1 aromatic rings. The van der Waals surface area contributed by atoms with Crippen LogP contribution in [-0.2, 0) is 4.74 Å². The summed E-state index contributed by atoms with van der Waals surface area (Å²) in [5.41, 5.74) is 1.32. The van der Waals surface area contributed by atoms with E-state index in [4.69, 9.17) is 9.84 Å². The number of carboxylic acid groups (broad SMARTS) is 1. The third kappa shape index (κ3) is 3.95. The third-order valence-corrected chi connectivity index (χ3v) is 3.78. The fourth-order valence-electron chi connectivity index (χ4n) is 2.57. The average molecular weight is 292 g/mol. The minimum Gasteiger partial charge on any atom is -0.478 e. The molecular formula is C15H20N2O4. The maximum absolute atomic E-state index is 11.9. The second-order valence-electron chi connectivity index (χ2n) is 5.30. The number of anilines is 1. The van der Waals surface area contributed by atoms with E-state index in [1.807, 2.05) is 0 Å². The number of benzene rings is 1. The highest BCUT2D eigenvalue weighted by Gasteiger charge is 2.25. The SMILES string of the molecule is COC1CCC(NC(=O)Nc2ccc(C)c(C(=O)O)c2)C1. The van der Waals surface area contributed by atoms with Crippen molar-refractivity contribution in [3.05, 3.63) is 29.3 Å². The molecule has 1 aromatic carbocycles. The molecule has 6 heteroatoms. The zero-order valence-electron chi connectivity index (χ0n) is 12.2. The number of carbonyl (C=O) groups is 2. The molecule has 2 amide bonds. The molecule has 1 fully saturated rings. The molecule has 0 spiro atoms. The van der Waals surface area contributed by atoms with Crippen molar-refractivity contribution in [2.75, 3.05) is 12.4 Å². The molecule has 2 rings (SSSR count). The van der Waals surface area contributed by atoms with E-state index in [1.54, 1.807) is 26.2 Å². The van der Waals surface area contributed by atoms with Crippen LogP contribution in [0.5, 0.6) is 0 Å². The lowest BCUT2D eigenvalue weighted by molar-refractivity contribution is 0.0696.